The van der Waals surface area contributed by atoms with Crippen LogP contribution in [-0.4, -0.2) is 43.7 Å². The molecule has 20 heavy (non-hydrogen) atoms. The molecule has 1 atom stereocenters. The van der Waals surface area contributed by atoms with Gasteiger partial charge in [-0.05, 0) is 48.0 Å². The lowest BCUT2D eigenvalue weighted by Crippen LogP contribution is -2.26. The fourth-order valence-corrected chi connectivity index (χ4v) is 1.97. The Kier molecular flexibility index (Phi) is 8.06. The van der Waals surface area contributed by atoms with Gasteiger partial charge in [-0.3, -0.25) is 0 Å². The molecule has 0 aliphatic heterocycles. The van der Waals surface area contributed by atoms with Gasteiger partial charge < -0.3 is 19.9 Å². The van der Waals surface area contributed by atoms with Crippen molar-refractivity contribution in [2.24, 2.45) is 0 Å². The van der Waals surface area contributed by atoms with Crippen molar-refractivity contribution in [1.29, 1.82) is 0 Å². The van der Waals surface area contributed by atoms with Crippen molar-refractivity contribution < 1.29 is 19.0 Å². The van der Waals surface area contributed by atoms with E-state index < -0.39 is 6.10 Å². The summed E-state index contributed by atoms with van der Waals surface area (Å²) in [5, 5.41) is 12.8. The lowest BCUT2D eigenvalue weighted by molar-refractivity contribution is -0.00734. The fourth-order valence-electron chi connectivity index (χ4n) is 1.48. The van der Waals surface area contributed by atoms with Crippen molar-refractivity contribution in [3.8, 4) is 0 Å². The minimum absolute atomic E-state index is 0.181. The Labute approximate surface area is 127 Å². The number of benzene rings is 1. The van der Waals surface area contributed by atoms with E-state index >= 15 is 0 Å². The first kappa shape index (κ1) is 17.4. The topological polar surface area (TPSA) is 50.7 Å². The predicted octanol–water partition coefficient (Wildman–Crippen LogP) is 2.80. The second-order valence-electron chi connectivity index (χ2n) is 4.65. The van der Waals surface area contributed by atoms with Crippen LogP contribution in [0.1, 0.15) is 13.8 Å². The monoisotopic (exact) mass is 349 g/mol. The Balaban J connectivity index is 2.18. The molecule has 1 aromatic carbocycles. The SMILES string of the molecule is CC(C)OCCOCC(O)CNc1ccc(F)cc1Br. The van der Waals surface area contributed by atoms with Crippen LogP contribution in [0.4, 0.5) is 10.1 Å². The summed E-state index contributed by atoms with van der Waals surface area (Å²) in [7, 11) is 0. The molecule has 6 heteroatoms. The van der Waals surface area contributed by atoms with Gasteiger partial charge >= 0.3 is 0 Å². The first-order chi connectivity index (χ1) is 9.49. The normalized spacial score (nSPS) is 12.7. The van der Waals surface area contributed by atoms with Crippen LogP contribution >= 0.6 is 15.9 Å². The van der Waals surface area contributed by atoms with Crippen molar-refractivity contribution in [2.45, 2.75) is 26.1 Å². The van der Waals surface area contributed by atoms with Crippen molar-refractivity contribution >= 4 is 21.6 Å². The maximum absolute atomic E-state index is 12.9. The quantitative estimate of drug-likeness (QED) is 0.673. The first-order valence-corrected chi connectivity index (χ1v) is 7.34. The number of aliphatic hydroxyl groups excluding tert-OH is 1. The molecular weight excluding hydrogens is 329 g/mol. The Morgan fingerprint density at radius 3 is 2.75 bits per heavy atom. The summed E-state index contributed by atoms with van der Waals surface area (Å²) < 4.78 is 24.1. The number of nitrogens with one attached hydrogen (secondary N) is 1. The average Bonchev–Trinajstić information content (AvgIpc) is 2.37. The molecular formula is C14H21BrFNO3. The lowest BCUT2D eigenvalue weighted by Gasteiger charge is -2.14. The van der Waals surface area contributed by atoms with E-state index in [0.717, 1.165) is 5.69 Å². The Bertz CT molecular complexity index is 404. The van der Waals surface area contributed by atoms with Gasteiger partial charge in [0, 0.05) is 16.7 Å². The van der Waals surface area contributed by atoms with E-state index in [-0.39, 0.29) is 18.5 Å². The molecule has 0 aromatic heterocycles. The van der Waals surface area contributed by atoms with Crippen LogP contribution in [0, 0.1) is 5.82 Å². The highest BCUT2D eigenvalue weighted by atomic mass is 79.9. The summed E-state index contributed by atoms with van der Waals surface area (Å²) in [6.07, 6.45) is -0.452. The van der Waals surface area contributed by atoms with Crippen molar-refractivity contribution in [3.63, 3.8) is 0 Å². The maximum Gasteiger partial charge on any atom is 0.124 e. The maximum atomic E-state index is 12.9. The Morgan fingerprint density at radius 2 is 2.10 bits per heavy atom. The molecule has 0 fully saturated rings. The highest BCUT2D eigenvalue weighted by Gasteiger charge is 2.06. The van der Waals surface area contributed by atoms with E-state index in [0.29, 0.717) is 24.2 Å². The third kappa shape index (κ3) is 7.19. The van der Waals surface area contributed by atoms with Gasteiger partial charge in [-0.2, -0.15) is 0 Å². The summed E-state index contributed by atoms with van der Waals surface area (Å²) in [6, 6.07) is 4.34. The molecule has 4 nitrogen and oxygen atoms in total. The van der Waals surface area contributed by atoms with E-state index in [4.69, 9.17) is 9.47 Å². The van der Waals surface area contributed by atoms with E-state index in [1.54, 1.807) is 6.07 Å². The smallest absolute Gasteiger partial charge is 0.124 e. The van der Waals surface area contributed by atoms with Gasteiger partial charge in [0.25, 0.3) is 0 Å². The number of ether oxygens (including phenoxy) is 2. The zero-order valence-corrected chi connectivity index (χ0v) is 13.3. The largest absolute Gasteiger partial charge is 0.389 e. The van der Waals surface area contributed by atoms with Gasteiger partial charge in [0.2, 0.25) is 0 Å². The third-order valence-corrected chi connectivity index (χ3v) is 3.10. The Morgan fingerprint density at radius 1 is 1.35 bits per heavy atom. The number of halogens is 2. The van der Waals surface area contributed by atoms with Crippen LogP contribution in [0.2, 0.25) is 0 Å². The van der Waals surface area contributed by atoms with Gasteiger partial charge in [-0.25, -0.2) is 4.39 Å². The molecule has 0 saturated carbocycles. The summed E-state index contributed by atoms with van der Waals surface area (Å²) >= 11 is 3.25. The van der Waals surface area contributed by atoms with Crippen LogP contribution < -0.4 is 5.32 Å². The van der Waals surface area contributed by atoms with E-state index in [2.05, 4.69) is 21.2 Å². The molecule has 2 N–H and O–H groups in total. The minimum atomic E-state index is -0.633. The van der Waals surface area contributed by atoms with Crippen molar-refractivity contribution in [2.75, 3.05) is 31.7 Å². The van der Waals surface area contributed by atoms with Crippen LogP contribution in [0.25, 0.3) is 0 Å². The van der Waals surface area contributed by atoms with Gasteiger partial charge in [0.05, 0.1) is 32.0 Å². The molecule has 0 amide bonds. The fraction of sp³-hybridized carbons (Fsp3) is 0.571. The van der Waals surface area contributed by atoms with Crippen molar-refractivity contribution in [1.82, 2.24) is 0 Å². The van der Waals surface area contributed by atoms with Gasteiger partial charge in [0.15, 0.2) is 0 Å². The van der Waals surface area contributed by atoms with E-state index in [9.17, 15) is 9.50 Å². The minimum Gasteiger partial charge on any atom is -0.389 e. The highest BCUT2D eigenvalue weighted by Crippen LogP contribution is 2.22. The standard InChI is InChI=1S/C14H21BrFNO3/c1-10(2)20-6-5-19-9-12(18)8-17-14-4-3-11(16)7-13(14)15/h3-4,7,10,12,17-18H,5-6,8-9H2,1-2H3. The molecule has 114 valence electrons. The first-order valence-electron chi connectivity index (χ1n) is 6.55. The van der Waals surface area contributed by atoms with Crippen LogP contribution in [0.5, 0.6) is 0 Å². The molecule has 1 rings (SSSR count). The molecule has 0 saturated heterocycles. The van der Waals surface area contributed by atoms with Crippen LogP contribution in [-0.2, 0) is 9.47 Å². The number of hydrogen-bond acceptors (Lipinski definition) is 4. The van der Waals surface area contributed by atoms with Gasteiger partial charge in [-0.1, -0.05) is 0 Å². The summed E-state index contributed by atoms with van der Waals surface area (Å²) in [4.78, 5) is 0. The van der Waals surface area contributed by atoms with E-state index in [1.165, 1.54) is 12.1 Å². The molecule has 0 aliphatic rings. The Hall–Kier alpha value is -0.690. The second-order valence-corrected chi connectivity index (χ2v) is 5.51. The molecule has 0 aliphatic carbocycles. The highest BCUT2D eigenvalue weighted by molar-refractivity contribution is 9.10. The summed E-state index contributed by atoms with van der Waals surface area (Å²) in [5.74, 6) is -0.309. The van der Waals surface area contributed by atoms with Gasteiger partial charge in [-0.15, -0.1) is 0 Å². The van der Waals surface area contributed by atoms with Crippen LogP contribution in [0.3, 0.4) is 0 Å². The molecule has 0 heterocycles. The second kappa shape index (κ2) is 9.28. The average molecular weight is 350 g/mol. The zero-order chi connectivity index (χ0) is 15.0. The molecule has 1 aromatic rings. The van der Waals surface area contributed by atoms with E-state index in [1.807, 2.05) is 13.8 Å². The van der Waals surface area contributed by atoms with Crippen LogP contribution in [0.15, 0.2) is 22.7 Å². The molecule has 1 unspecified atom stereocenters. The lowest BCUT2D eigenvalue weighted by atomic mass is 10.3. The number of rotatable bonds is 9. The molecule has 0 radical (unpaired) electrons. The zero-order valence-electron chi connectivity index (χ0n) is 11.7. The number of hydrogen-bond donors (Lipinski definition) is 2. The summed E-state index contributed by atoms with van der Waals surface area (Å²) in [5.41, 5.74) is 0.730. The van der Waals surface area contributed by atoms with Gasteiger partial charge in [0.1, 0.15) is 5.82 Å². The third-order valence-electron chi connectivity index (χ3n) is 2.45. The molecule has 0 spiro atoms. The number of aliphatic hydroxyl groups is 1. The number of anilines is 1. The van der Waals surface area contributed by atoms with Crippen molar-refractivity contribution in [3.05, 3.63) is 28.5 Å². The predicted molar refractivity (Wildman–Crippen MR) is 80.5 cm³/mol. The molecule has 0 bridgehead atoms. The summed E-state index contributed by atoms with van der Waals surface area (Å²) in [6.45, 7) is 5.44.